The van der Waals surface area contributed by atoms with Crippen molar-refractivity contribution in [2.45, 2.75) is 31.1 Å². The van der Waals surface area contributed by atoms with Gasteiger partial charge in [-0.15, -0.1) is 11.8 Å². The molecule has 0 aliphatic rings. The van der Waals surface area contributed by atoms with E-state index in [1.165, 1.54) is 23.4 Å². The highest BCUT2D eigenvalue weighted by Gasteiger charge is 2.18. The molecule has 3 aromatic rings. The van der Waals surface area contributed by atoms with Gasteiger partial charge in [0, 0.05) is 35.9 Å². The molecule has 7 nitrogen and oxygen atoms in total. The molecule has 0 saturated heterocycles. The van der Waals surface area contributed by atoms with Crippen LogP contribution in [0.25, 0.3) is 11.0 Å². The van der Waals surface area contributed by atoms with Crippen molar-refractivity contribution in [2.24, 2.45) is 14.1 Å². The number of unbranched alkanes of at least 4 members (excludes halogenated alkanes) is 1. The number of carbonyl (C=O) groups excluding carboxylic acids is 1. The van der Waals surface area contributed by atoms with Crippen LogP contribution in [0.1, 0.15) is 25.3 Å². The van der Waals surface area contributed by atoms with E-state index in [4.69, 9.17) is 11.6 Å². The summed E-state index contributed by atoms with van der Waals surface area (Å²) in [4.78, 5) is 42.8. The number of nitrogens with one attached hydrogen (secondary N) is 1. The Bertz CT molecular complexity index is 1220. The van der Waals surface area contributed by atoms with E-state index in [2.05, 4.69) is 17.2 Å². The van der Waals surface area contributed by atoms with Crippen LogP contribution < -0.4 is 16.6 Å². The second-order valence-corrected chi connectivity index (χ2v) is 8.39. The molecule has 9 heteroatoms. The first-order valence-electron chi connectivity index (χ1n) is 9.59. The van der Waals surface area contributed by atoms with Crippen LogP contribution in [0.4, 0.5) is 5.69 Å². The van der Waals surface area contributed by atoms with Crippen LogP contribution >= 0.6 is 23.4 Å². The minimum absolute atomic E-state index is 0.108. The molecule has 0 unspecified atom stereocenters. The van der Waals surface area contributed by atoms with Gasteiger partial charge in [0.1, 0.15) is 5.65 Å². The fourth-order valence-electron chi connectivity index (χ4n) is 3.15. The van der Waals surface area contributed by atoms with Crippen LogP contribution in [0, 0.1) is 0 Å². The van der Waals surface area contributed by atoms with Crippen molar-refractivity contribution in [3.8, 4) is 0 Å². The number of thioether (sulfide) groups is 1. The summed E-state index contributed by atoms with van der Waals surface area (Å²) in [6.07, 6.45) is 4.36. The molecule has 0 radical (unpaired) electrons. The van der Waals surface area contributed by atoms with E-state index in [-0.39, 0.29) is 11.7 Å². The molecule has 30 heavy (non-hydrogen) atoms. The van der Waals surface area contributed by atoms with Crippen molar-refractivity contribution in [3.05, 3.63) is 61.9 Å². The van der Waals surface area contributed by atoms with Crippen molar-refractivity contribution >= 4 is 46.0 Å². The maximum Gasteiger partial charge on any atom is 0.332 e. The first-order valence-corrected chi connectivity index (χ1v) is 11.0. The number of rotatable bonds is 7. The molecule has 1 N–H and O–H groups in total. The molecule has 0 fully saturated rings. The van der Waals surface area contributed by atoms with Gasteiger partial charge < -0.3 is 5.32 Å². The molecule has 1 aromatic carbocycles. The zero-order valence-electron chi connectivity index (χ0n) is 17.1. The molecule has 158 valence electrons. The van der Waals surface area contributed by atoms with Crippen molar-refractivity contribution in [3.63, 3.8) is 0 Å². The monoisotopic (exact) mass is 446 g/mol. The van der Waals surface area contributed by atoms with Crippen LogP contribution in [0.15, 0.2) is 44.9 Å². The average Bonchev–Trinajstić information content (AvgIpc) is 2.73. The minimum atomic E-state index is -0.434. The summed E-state index contributed by atoms with van der Waals surface area (Å²) in [7, 11) is 3.03. The van der Waals surface area contributed by atoms with Crippen molar-refractivity contribution < 1.29 is 4.79 Å². The summed E-state index contributed by atoms with van der Waals surface area (Å²) in [6.45, 7) is 2.09. The quantitative estimate of drug-likeness (QED) is 0.562. The molecule has 0 atom stereocenters. The maximum atomic E-state index is 12.9. The van der Waals surface area contributed by atoms with Crippen molar-refractivity contribution in [1.29, 1.82) is 0 Å². The third-order valence-electron chi connectivity index (χ3n) is 4.75. The van der Waals surface area contributed by atoms with Gasteiger partial charge in [0.05, 0.1) is 11.1 Å². The van der Waals surface area contributed by atoms with E-state index < -0.39 is 11.2 Å². The summed E-state index contributed by atoms with van der Waals surface area (Å²) >= 11 is 7.25. The Balaban J connectivity index is 1.98. The van der Waals surface area contributed by atoms with Crippen LogP contribution in [0.5, 0.6) is 0 Å². The summed E-state index contributed by atoms with van der Waals surface area (Å²) < 4.78 is 2.43. The van der Waals surface area contributed by atoms with Gasteiger partial charge in [-0.25, -0.2) is 9.78 Å². The lowest BCUT2D eigenvalue weighted by Gasteiger charge is -2.14. The Kier molecular flexibility index (Phi) is 6.99. The van der Waals surface area contributed by atoms with E-state index in [1.54, 1.807) is 37.5 Å². The van der Waals surface area contributed by atoms with Gasteiger partial charge >= 0.3 is 5.69 Å². The lowest BCUT2D eigenvalue weighted by Crippen LogP contribution is -2.37. The molecular formula is C21H23ClN4O3S. The smallest absolute Gasteiger partial charge is 0.325 e. The third-order valence-corrected chi connectivity index (χ3v) is 6.15. The first-order chi connectivity index (χ1) is 14.3. The SMILES string of the molecule is CCCCc1cnc2c(c1SCC(=O)Nc1cccc(Cl)c1)c(=O)n(C)c(=O)n2C. The fourth-order valence-corrected chi connectivity index (χ4v) is 4.35. The minimum Gasteiger partial charge on any atom is -0.325 e. The molecule has 3 rings (SSSR count). The van der Waals surface area contributed by atoms with Gasteiger partial charge in [0.15, 0.2) is 0 Å². The molecule has 2 heterocycles. The highest BCUT2D eigenvalue weighted by atomic mass is 35.5. The number of nitrogens with zero attached hydrogens (tertiary/aromatic N) is 3. The second kappa shape index (κ2) is 9.49. The second-order valence-electron chi connectivity index (χ2n) is 6.97. The summed E-state index contributed by atoms with van der Waals surface area (Å²) in [5.74, 6) is -0.105. The number of anilines is 1. The number of aromatic nitrogens is 3. The Hall–Kier alpha value is -2.58. The number of carbonyl (C=O) groups is 1. The number of aryl methyl sites for hydroxylation is 2. The lowest BCUT2D eigenvalue weighted by atomic mass is 10.1. The average molecular weight is 447 g/mol. The predicted octanol–water partition coefficient (Wildman–Crippen LogP) is 3.36. The molecule has 0 bridgehead atoms. The van der Waals surface area contributed by atoms with Crippen LogP contribution in [0.2, 0.25) is 5.02 Å². The summed E-state index contributed by atoms with van der Waals surface area (Å²) in [6, 6.07) is 6.92. The summed E-state index contributed by atoms with van der Waals surface area (Å²) in [5, 5.41) is 3.72. The molecule has 2 aromatic heterocycles. The largest absolute Gasteiger partial charge is 0.332 e. The van der Waals surface area contributed by atoms with Crippen LogP contribution in [-0.4, -0.2) is 25.8 Å². The van der Waals surface area contributed by atoms with Gasteiger partial charge in [0.25, 0.3) is 5.56 Å². The number of benzene rings is 1. The molecule has 0 spiro atoms. The topological polar surface area (TPSA) is 86.0 Å². The van der Waals surface area contributed by atoms with E-state index in [1.807, 2.05) is 0 Å². The van der Waals surface area contributed by atoms with E-state index in [0.29, 0.717) is 26.6 Å². The predicted molar refractivity (Wildman–Crippen MR) is 122 cm³/mol. The number of hydrogen-bond donors (Lipinski definition) is 1. The van der Waals surface area contributed by atoms with Gasteiger partial charge in [-0.2, -0.15) is 0 Å². The van der Waals surface area contributed by atoms with Gasteiger partial charge in [-0.05, 0) is 36.6 Å². The van der Waals surface area contributed by atoms with Gasteiger partial charge in [-0.3, -0.25) is 18.7 Å². The zero-order chi connectivity index (χ0) is 21.8. The van der Waals surface area contributed by atoms with Gasteiger partial charge in [0.2, 0.25) is 5.91 Å². The van der Waals surface area contributed by atoms with Gasteiger partial charge in [-0.1, -0.05) is 31.0 Å². The Morgan fingerprint density at radius 3 is 2.70 bits per heavy atom. The molecular weight excluding hydrogens is 424 g/mol. The number of pyridine rings is 1. The van der Waals surface area contributed by atoms with Crippen molar-refractivity contribution in [1.82, 2.24) is 14.1 Å². The number of amides is 1. The summed E-state index contributed by atoms with van der Waals surface area (Å²) in [5.41, 5.74) is 0.992. The number of hydrogen-bond acceptors (Lipinski definition) is 5. The molecule has 0 saturated carbocycles. The number of fused-ring (bicyclic) bond motifs is 1. The molecule has 1 amide bonds. The fraction of sp³-hybridized carbons (Fsp3) is 0.333. The van der Waals surface area contributed by atoms with E-state index in [0.717, 1.165) is 29.4 Å². The highest BCUT2D eigenvalue weighted by Crippen LogP contribution is 2.29. The third kappa shape index (κ3) is 4.60. The Morgan fingerprint density at radius 2 is 2.00 bits per heavy atom. The highest BCUT2D eigenvalue weighted by molar-refractivity contribution is 8.00. The molecule has 0 aliphatic carbocycles. The van der Waals surface area contributed by atoms with E-state index in [9.17, 15) is 14.4 Å². The Morgan fingerprint density at radius 1 is 1.23 bits per heavy atom. The Labute approximate surface area is 183 Å². The standard InChI is InChI=1S/C21H23ClN4O3S/c1-4-5-7-13-11-23-19-17(20(28)26(3)21(29)25(19)2)18(13)30-12-16(27)24-15-9-6-8-14(22)10-15/h6,8-11H,4-5,7,12H2,1-3H3,(H,24,27). The van der Waals surface area contributed by atoms with Crippen LogP contribution in [-0.2, 0) is 25.3 Å². The number of halogens is 1. The van der Waals surface area contributed by atoms with Crippen molar-refractivity contribution in [2.75, 3.05) is 11.1 Å². The van der Waals surface area contributed by atoms with Crippen LogP contribution in [0.3, 0.4) is 0 Å². The lowest BCUT2D eigenvalue weighted by molar-refractivity contribution is -0.113. The van der Waals surface area contributed by atoms with E-state index >= 15 is 0 Å². The maximum absolute atomic E-state index is 12.9. The molecule has 0 aliphatic heterocycles. The normalized spacial score (nSPS) is 11.1. The first kappa shape index (κ1) is 22.1. The zero-order valence-corrected chi connectivity index (χ0v) is 18.6.